The van der Waals surface area contributed by atoms with Gasteiger partial charge in [0.1, 0.15) is 0 Å². The Bertz CT molecular complexity index is 309. The van der Waals surface area contributed by atoms with Crippen LogP contribution in [0.15, 0.2) is 25.3 Å². The number of esters is 1. The molecule has 0 aromatic carbocycles. The van der Waals surface area contributed by atoms with E-state index in [0.29, 0.717) is 6.61 Å². The van der Waals surface area contributed by atoms with Gasteiger partial charge in [0.05, 0.1) is 6.61 Å². The Balaban J connectivity index is 3.01. The smallest absolute Gasteiger partial charge is 0.330 e. The van der Waals surface area contributed by atoms with Crippen molar-refractivity contribution in [2.24, 2.45) is 0 Å². The Morgan fingerprint density at radius 3 is 1.32 bits per heavy atom. The van der Waals surface area contributed by atoms with Crippen LogP contribution in [0.1, 0.15) is 109 Å². The molecule has 0 aliphatic heterocycles. The third-order valence-corrected chi connectivity index (χ3v) is 4.71. The molecule has 0 bridgehead atoms. The van der Waals surface area contributed by atoms with E-state index < -0.39 is 0 Å². The minimum atomic E-state index is -0.302. The number of carbonyl (C=O) groups is 1. The lowest BCUT2D eigenvalue weighted by Crippen LogP contribution is -2.01. The zero-order valence-electron chi connectivity index (χ0n) is 16.6. The highest BCUT2D eigenvalue weighted by Gasteiger charge is 1.96. The summed E-state index contributed by atoms with van der Waals surface area (Å²) >= 11 is 0. The summed E-state index contributed by atoms with van der Waals surface area (Å²) in [5, 5.41) is 0. The molecule has 0 unspecified atom stereocenters. The zero-order chi connectivity index (χ0) is 18.4. The van der Waals surface area contributed by atoms with Crippen LogP contribution < -0.4 is 0 Å². The fourth-order valence-electron chi connectivity index (χ4n) is 3.10. The van der Waals surface area contributed by atoms with E-state index in [2.05, 4.69) is 13.2 Å². The maximum atomic E-state index is 10.9. The van der Waals surface area contributed by atoms with Gasteiger partial charge in [-0.05, 0) is 19.3 Å². The van der Waals surface area contributed by atoms with Gasteiger partial charge in [-0.2, -0.15) is 0 Å². The molecule has 0 saturated carbocycles. The quantitative estimate of drug-likeness (QED) is 0.0981. The van der Waals surface area contributed by atoms with E-state index in [9.17, 15) is 4.79 Å². The molecule has 0 N–H and O–H groups in total. The van der Waals surface area contributed by atoms with Crippen molar-refractivity contribution in [1.29, 1.82) is 0 Å². The van der Waals surface area contributed by atoms with Gasteiger partial charge in [-0.1, -0.05) is 103 Å². The van der Waals surface area contributed by atoms with Crippen LogP contribution in [0.2, 0.25) is 0 Å². The van der Waals surface area contributed by atoms with E-state index in [-0.39, 0.29) is 5.97 Å². The number of hydrogen-bond acceptors (Lipinski definition) is 2. The summed E-state index contributed by atoms with van der Waals surface area (Å²) in [6, 6.07) is 0. The summed E-state index contributed by atoms with van der Waals surface area (Å²) in [5.41, 5.74) is 0. The predicted molar refractivity (Wildman–Crippen MR) is 110 cm³/mol. The van der Waals surface area contributed by atoms with Crippen LogP contribution in [0, 0.1) is 0 Å². The first-order valence-electron chi connectivity index (χ1n) is 10.7. The van der Waals surface area contributed by atoms with Crippen LogP contribution in [-0.2, 0) is 9.53 Å². The van der Waals surface area contributed by atoms with E-state index >= 15 is 0 Å². The zero-order valence-corrected chi connectivity index (χ0v) is 16.6. The van der Waals surface area contributed by atoms with Crippen molar-refractivity contribution in [3.63, 3.8) is 0 Å². The lowest BCUT2D eigenvalue weighted by molar-refractivity contribution is -0.137. The normalized spacial score (nSPS) is 10.6. The van der Waals surface area contributed by atoms with E-state index in [1.54, 1.807) is 0 Å². The number of allylic oxidation sites excluding steroid dienone is 1. The maximum absolute atomic E-state index is 10.9. The molecule has 0 spiro atoms. The molecule has 0 aliphatic carbocycles. The molecule has 0 saturated heterocycles. The lowest BCUT2D eigenvalue weighted by atomic mass is 10.0. The Morgan fingerprint density at radius 1 is 0.600 bits per heavy atom. The summed E-state index contributed by atoms with van der Waals surface area (Å²) < 4.78 is 4.96. The number of ether oxygens (including phenoxy) is 1. The number of carbonyl (C=O) groups excluding carboxylic acids is 1. The summed E-state index contributed by atoms with van der Waals surface area (Å²) in [7, 11) is 0. The monoisotopic (exact) mass is 350 g/mol. The molecule has 2 nitrogen and oxygen atoms in total. The van der Waals surface area contributed by atoms with Crippen molar-refractivity contribution >= 4 is 5.97 Å². The molecule has 0 aliphatic rings. The van der Waals surface area contributed by atoms with Crippen LogP contribution in [0.3, 0.4) is 0 Å². The first-order chi connectivity index (χ1) is 12.3. The standard InChI is InChI=1S/C23H42O2/c1-3-5-6-7-8-9-10-11-12-13-14-15-16-17-18-19-20-21-22-25-23(24)4-2/h3-4H,1-2,5-22H2. The lowest BCUT2D eigenvalue weighted by Gasteiger charge is -2.04. The van der Waals surface area contributed by atoms with Crippen molar-refractivity contribution < 1.29 is 9.53 Å². The minimum Gasteiger partial charge on any atom is -0.463 e. The topological polar surface area (TPSA) is 26.3 Å². The molecule has 0 heterocycles. The average molecular weight is 351 g/mol. The molecular weight excluding hydrogens is 308 g/mol. The molecule has 0 atom stereocenters. The Labute approximate surface area is 157 Å². The molecule has 0 amide bonds. The summed E-state index contributed by atoms with van der Waals surface area (Å²) in [5.74, 6) is -0.302. The first kappa shape index (κ1) is 23.9. The maximum Gasteiger partial charge on any atom is 0.330 e. The van der Waals surface area contributed by atoms with Gasteiger partial charge in [-0.3, -0.25) is 0 Å². The summed E-state index contributed by atoms with van der Waals surface area (Å²) in [6.07, 6.45) is 26.0. The Hall–Kier alpha value is -1.05. The van der Waals surface area contributed by atoms with Crippen molar-refractivity contribution in [2.45, 2.75) is 109 Å². The Morgan fingerprint density at radius 2 is 0.960 bits per heavy atom. The van der Waals surface area contributed by atoms with Crippen molar-refractivity contribution in [3.05, 3.63) is 25.3 Å². The molecule has 146 valence electrons. The van der Waals surface area contributed by atoms with Crippen molar-refractivity contribution in [3.8, 4) is 0 Å². The largest absolute Gasteiger partial charge is 0.463 e. The number of hydrogen-bond donors (Lipinski definition) is 0. The molecule has 0 aromatic rings. The third-order valence-electron chi connectivity index (χ3n) is 4.71. The van der Waals surface area contributed by atoms with Crippen molar-refractivity contribution in [1.82, 2.24) is 0 Å². The van der Waals surface area contributed by atoms with E-state index in [0.717, 1.165) is 12.8 Å². The second-order valence-corrected chi connectivity index (χ2v) is 7.11. The SMILES string of the molecule is C=CCCCCCCCCCCCCCCCCCCOC(=O)C=C. The van der Waals surface area contributed by atoms with Crippen LogP contribution in [0.5, 0.6) is 0 Å². The highest BCUT2D eigenvalue weighted by Crippen LogP contribution is 2.14. The van der Waals surface area contributed by atoms with Crippen LogP contribution in [0.25, 0.3) is 0 Å². The molecule has 25 heavy (non-hydrogen) atoms. The van der Waals surface area contributed by atoms with Gasteiger partial charge < -0.3 is 4.74 Å². The molecule has 0 aromatic heterocycles. The fourth-order valence-corrected chi connectivity index (χ4v) is 3.10. The summed E-state index contributed by atoms with van der Waals surface area (Å²) in [4.78, 5) is 10.9. The van der Waals surface area contributed by atoms with Gasteiger partial charge >= 0.3 is 5.97 Å². The van der Waals surface area contributed by atoms with Gasteiger partial charge in [-0.15, -0.1) is 6.58 Å². The molecule has 0 radical (unpaired) electrons. The second kappa shape index (κ2) is 21.0. The third kappa shape index (κ3) is 20.9. The predicted octanol–water partition coefficient (Wildman–Crippen LogP) is 7.53. The van der Waals surface area contributed by atoms with Gasteiger partial charge in [0, 0.05) is 6.08 Å². The molecule has 0 rings (SSSR count). The fraction of sp³-hybridized carbons (Fsp3) is 0.783. The number of rotatable bonds is 20. The highest BCUT2D eigenvalue weighted by molar-refractivity contribution is 5.81. The minimum absolute atomic E-state index is 0.302. The average Bonchev–Trinajstić information content (AvgIpc) is 2.63. The van der Waals surface area contributed by atoms with Gasteiger partial charge in [-0.25, -0.2) is 4.79 Å². The number of unbranched alkanes of at least 4 members (excludes halogenated alkanes) is 16. The Kier molecular flexibility index (Phi) is 20.1. The van der Waals surface area contributed by atoms with Crippen LogP contribution >= 0.6 is 0 Å². The van der Waals surface area contributed by atoms with E-state index in [1.165, 1.54) is 102 Å². The first-order valence-corrected chi connectivity index (χ1v) is 10.7. The van der Waals surface area contributed by atoms with Crippen LogP contribution in [-0.4, -0.2) is 12.6 Å². The molecule has 2 heteroatoms. The van der Waals surface area contributed by atoms with Gasteiger partial charge in [0.2, 0.25) is 0 Å². The van der Waals surface area contributed by atoms with E-state index in [1.807, 2.05) is 6.08 Å². The van der Waals surface area contributed by atoms with Gasteiger partial charge in [0.25, 0.3) is 0 Å². The van der Waals surface area contributed by atoms with Crippen LogP contribution in [0.4, 0.5) is 0 Å². The van der Waals surface area contributed by atoms with Gasteiger partial charge in [0.15, 0.2) is 0 Å². The van der Waals surface area contributed by atoms with E-state index in [4.69, 9.17) is 4.74 Å². The van der Waals surface area contributed by atoms with Crippen molar-refractivity contribution in [2.75, 3.05) is 6.61 Å². The highest BCUT2D eigenvalue weighted by atomic mass is 16.5. The molecular formula is C23H42O2. The second-order valence-electron chi connectivity index (χ2n) is 7.11. The summed E-state index contributed by atoms with van der Waals surface area (Å²) in [6.45, 7) is 7.69. The molecule has 0 fully saturated rings.